The summed E-state index contributed by atoms with van der Waals surface area (Å²) in [7, 11) is -15.4. The van der Waals surface area contributed by atoms with E-state index in [0.717, 1.165) is 30.3 Å². The minimum atomic E-state index is -8.66. The highest BCUT2D eigenvalue weighted by atomic mass is 32.2. The van der Waals surface area contributed by atoms with Crippen molar-refractivity contribution in [2.24, 2.45) is 0 Å². The lowest BCUT2D eigenvalue weighted by Gasteiger charge is -2.39. The highest BCUT2D eigenvalue weighted by molar-refractivity contribution is 7.92. The summed E-state index contributed by atoms with van der Waals surface area (Å²) in [5.41, 5.74) is -0.461. The van der Waals surface area contributed by atoms with Gasteiger partial charge >= 0.3 is 70.2 Å². The molecule has 5 nitrogen and oxygen atoms in total. The van der Waals surface area contributed by atoms with Crippen molar-refractivity contribution in [3.63, 3.8) is 0 Å². The molecule has 0 amide bonds. The van der Waals surface area contributed by atoms with Gasteiger partial charge in [-0.25, -0.2) is 16.8 Å². The summed E-state index contributed by atoms with van der Waals surface area (Å²) in [6.07, 6.45) is -15.8. The number of sulfone groups is 2. The Labute approximate surface area is 293 Å². The van der Waals surface area contributed by atoms with Crippen LogP contribution in [-0.2, 0) is 26.2 Å². The van der Waals surface area contributed by atoms with Crippen molar-refractivity contribution in [1.29, 1.82) is 0 Å². The summed E-state index contributed by atoms with van der Waals surface area (Å²) in [4.78, 5) is -0.317. The van der Waals surface area contributed by atoms with E-state index in [2.05, 4.69) is 0 Å². The molecular weight excluding hydrogens is 912 g/mol. The molecule has 1 aromatic carbocycles. The van der Waals surface area contributed by atoms with Crippen LogP contribution in [0.1, 0.15) is 5.56 Å². The van der Waals surface area contributed by atoms with Crippen molar-refractivity contribution < 1.29 is 131 Å². The lowest BCUT2D eigenvalue weighted by Crippen LogP contribution is -2.71. The molecule has 1 rings (SSSR count). The maximum atomic E-state index is 14.4. The summed E-state index contributed by atoms with van der Waals surface area (Å²) >= 11 is 0. The van der Waals surface area contributed by atoms with Crippen LogP contribution in [0.4, 0.5) is 114 Å². The first-order valence-electron chi connectivity index (χ1n) is 13.3. The highest BCUT2D eigenvalue weighted by Crippen LogP contribution is 2.62. The SMILES string of the molecule is O=S(=O)(CCN(CCS(=O)(=O)C(F)(F)C(F)(F)C(F)(F)C(F)(F)C(F)(F)C(F)(F)F)Cc1ccccc1)C(F)(F)C(F)(F)C(F)(F)C(F)(F)C(F)(F)C(F)(F)F. The average Bonchev–Trinajstić information content (AvgIpc) is 3.00. The third kappa shape index (κ3) is 7.75. The van der Waals surface area contributed by atoms with Crippen LogP contribution in [0.3, 0.4) is 0 Å². The smallest absolute Gasteiger partial charge is 0.297 e. The van der Waals surface area contributed by atoms with Gasteiger partial charge in [-0.15, -0.1) is 0 Å². The molecule has 0 bridgehead atoms. The van der Waals surface area contributed by atoms with Crippen LogP contribution in [-0.4, -0.2) is 117 Å². The predicted octanol–water partition coefficient (Wildman–Crippen LogP) is 8.71. The first-order valence-corrected chi connectivity index (χ1v) is 16.6. The molecule has 0 radical (unpaired) electrons. The molecule has 0 unspecified atom stereocenters. The zero-order chi connectivity index (χ0) is 45.2. The molecule has 0 spiro atoms. The fraction of sp³-hybridized carbons (Fsp3) is 0.739. The molecule has 330 valence electrons. The van der Waals surface area contributed by atoms with Crippen LogP contribution in [0.2, 0.25) is 0 Å². The van der Waals surface area contributed by atoms with Gasteiger partial charge in [0.25, 0.3) is 0 Å². The molecule has 0 fully saturated rings. The maximum absolute atomic E-state index is 14.4. The molecular formula is C23H15F26NO4S2. The Kier molecular flexibility index (Phi) is 13.3. The van der Waals surface area contributed by atoms with Gasteiger partial charge in [0.1, 0.15) is 0 Å². The Morgan fingerprint density at radius 3 is 0.875 bits per heavy atom. The van der Waals surface area contributed by atoms with E-state index in [-0.39, 0.29) is 4.90 Å². The monoisotopic (exact) mass is 927 g/mol. The highest BCUT2D eigenvalue weighted by Gasteiger charge is 2.93. The van der Waals surface area contributed by atoms with Crippen molar-refractivity contribution in [1.82, 2.24) is 4.90 Å². The van der Waals surface area contributed by atoms with Crippen LogP contribution in [0.25, 0.3) is 0 Å². The van der Waals surface area contributed by atoms with E-state index in [9.17, 15) is 131 Å². The van der Waals surface area contributed by atoms with E-state index < -0.39 is 127 Å². The van der Waals surface area contributed by atoms with Gasteiger partial charge in [-0.3, -0.25) is 4.90 Å². The second-order valence-corrected chi connectivity index (χ2v) is 15.3. The van der Waals surface area contributed by atoms with Crippen LogP contribution in [0.15, 0.2) is 30.3 Å². The van der Waals surface area contributed by atoms with Crippen LogP contribution in [0, 0.1) is 0 Å². The lowest BCUT2D eigenvalue weighted by atomic mass is 9.98. The number of hydrogen-bond donors (Lipinski definition) is 0. The van der Waals surface area contributed by atoms with Crippen molar-refractivity contribution in [2.75, 3.05) is 24.6 Å². The molecule has 0 aliphatic heterocycles. The lowest BCUT2D eigenvalue weighted by molar-refractivity contribution is -0.433. The number of benzene rings is 1. The minimum Gasteiger partial charge on any atom is -0.297 e. The van der Waals surface area contributed by atoms with Crippen LogP contribution in [0.5, 0.6) is 0 Å². The van der Waals surface area contributed by atoms with Crippen molar-refractivity contribution in [3.8, 4) is 0 Å². The van der Waals surface area contributed by atoms with Gasteiger partial charge in [-0.2, -0.15) is 114 Å². The fourth-order valence-electron chi connectivity index (χ4n) is 3.77. The molecule has 0 aliphatic rings. The molecule has 0 heterocycles. The van der Waals surface area contributed by atoms with Crippen molar-refractivity contribution >= 4 is 19.7 Å². The van der Waals surface area contributed by atoms with Gasteiger partial charge in [0, 0.05) is 19.6 Å². The number of rotatable bonds is 18. The molecule has 0 atom stereocenters. The van der Waals surface area contributed by atoms with E-state index in [1.165, 1.54) is 0 Å². The molecule has 0 aromatic heterocycles. The fourth-order valence-corrected chi connectivity index (χ4v) is 6.31. The largest absolute Gasteiger partial charge is 0.460 e. The standard InChI is InChI=1S/C23H15F26NO4S2/c24-12(25,16(32,33)20(40,41)42)14(28,29)18(36,37)22(46,47)55(51,52)8-6-50(10-11-4-2-1-3-5-11)7-9-56(53,54)23(48,49)19(38,39)15(30,31)13(26,27)17(34,35)21(43,44)45/h1-5H,6-10H2. The van der Waals surface area contributed by atoms with Gasteiger partial charge in [0.2, 0.25) is 19.7 Å². The quantitative estimate of drug-likeness (QED) is 0.138. The summed E-state index contributed by atoms with van der Waals surface area (Å²) in [5, 5.41) is -15.7. The normalized spacial score (nSPS) is 16.1. The van der Waals surface area contributed by atoms with E-state index in [0.29, 0.717) is 0 Å². The third-order valence-corrected chi connectivity index (χ3v) is 10.7. The first-order chi connectivity index (χ1) is 24.2. The van der Waals surface area contributed by atoms with E-state index in [1.807, 2.05) is 0 Å². The zero-order valence-corrected chi connectivity index (χ0v) is 27.3. The summed E-state index contributed by atoms with van der Waals surface area (Å²) < 4.78 is 397. The predicted molar refractivity (Wildman–Crippen MR) is 131 cm³/mol. The van der Waals surface area contributed by atoms with E-state index in [4.69, 9.17) is 0 Å². The molecule has 0 N–H and O–H groups in total. The van der Waals surface area contributed by atoms with Crippen LogP contribution < -0.4 is 0 Å². The van der Waals surface area contributed by atoms with Gasteiger partial charge in [-0.05, 0) is 5.56 Å². The Morgan fingerprint density at radius 1 is 0.375 bits per heavy atom. The molecule has 1 aromatic rings. The molecule has 0 saturated heterocycles. The van der Waals surface area contributed by atoms with Crippen LogP contribution >= 0.6 is 0 Å². The topological polar surface area (TPSA) is 71.5 Å². The summed E-state index contributed by atoms with van der Waals surface area (Å²) in [6.45, 7) is -5.89. The maximum Gasteiger partial charge on any atom is 0.460 e. The Hall–Kier alpha value is -2.74. The van der Waals surface area contributed by atoms with Gasteiger partial charge in [0.15, 0.2) is 0 Å². The van der Waals surface area contributed by atoms with Gasteiger partial charge in [-0.1, -0.05) is 30.3 Å². The van der Waals surface area contributed by atoms with Crippen molar-refractivity contribution in [3.05, 3.63) is 35.9 Å². The first kappa shape index (κ1) is 51.3. The second-order valence-electron chi connectivity index (χ2n) is 11.0. The average molecular weight is 927 g/mol. The zero-order valence-electron chi connectivity index (χ0n) is 25.6. The van der Waals surface area contributed by atoms with E-state index >= 15 is 0 Å². The molecule has 0 aliphatic carbocycles. The number of alkyl halides is 26. The summed E-state index contributed by atoms with van der Waals surface area (Å²) in [5.74, 6) is -74.1. The second kappa shape index (κ2) is 14.5. The third-order valence-electron chi connectivity index (χ3n) is 7.19. The van der Waals surface area contributed by atoms with Gasteiger partial charge < -0.3 is 0 Å². The molecule has 0 saturated carbocycles. The van der Waals surface area contributed by atoms with Crippen molar-refractivity contribution in [2.45, 2.75) is 76.8 Å². The molecule has 33 heteroatoms. The number of halogens is 26. The Morgan fingerprint density at radius 2 is 0.625 bits per heavy atom. The number of nitrogens with zero attached hydrogens (tertiary/aromatic N) is 1. The summed E-state index contributed by atoms with van der Waals surface area (Å²) in [6, 6.07) is 4.58. The van der Waals surface area contributed by atoms with E-state index in [1.54, 1.807) is 0 Å². The Bertz CT molecular complexity index is 1650. The minimum absolute atomic E-state index is 0.317. The Balaban J connectivity index is 3.64. The molecule has 56 heavy (non-hydrogen) atoms. The number of hydrogen-bond acceptors (Lipinski definition) is 5. The van der Waals surface area contributed by atoms with Gasteiger partial charge in [0.05, 0.1) is 11.5 Å².